The number of nitrogens with two attached hydrogens (primary N) is 1. The second kappa shape index (κ2) is 5.51. The molecule has 1 aromatic heterocycles. The van der Waals surface area contributed by atoms with Gasteiger partial charge in [0.1, 0.15) is 0 Å². The third kappa shape index (κ3) is 2.23. The summed E-state index contributed by atoms with van der Waals surface area (Å²) >= 11 is 0. The first kappa shape index (κ1) is 12.9. The number of furan rings is 1. The smallest absolute Gasteiger partial charge is 0.290 e. The van der Waals surface area contributed by atoms with E-state index in [4.69, 9.17) is 10.2 Å². The molecule has 20 heavy (non-hydrogen) atoms. The molecule has 4 nitrogen and oxygen atoms in total. The molecule has 3 rings (SSSR count). The van der Waals surface area contributed by atoms with E-state index < -0.39 is 0 Å². The number of carbonyl (C=O) groups excluding carboxylic acids is 1. The maximum absolute atomic E-state index is 12.5. The van der Waals surface area contributed by atoms with Crippen molar-refractivity contribution >= 4 is 5.91 Å². The van der Waals surface area contributed by atoms with Crippen LogP contribution < -0.4 is 5.73 Å². The van der Waals surface area contributed by atoms with Gasteiger partial charge in [0.25, 0.3) is 5.91 Å². The molecule has 0 aliphatic carbocycles. The standard InChI is InChI=1S/C16H18N2O2/c17-9-7-14-13-5-2-1-4-12(13)8-10-18(14)16(19)15-6-3-11-20-15/h1-6,11,14H,7-10,17H2. The predicted octanol–water partition coefficient (Wildman–Crippen LogP) is 2.37. The van der Waals surface area contributed by atoms with E-state index in [2.05, 4.69) is 12.1 Å². The summed E-state index contributed by atoms with van der Waals surface area (Å²) in [6, 6.07) is 11.8. The molecule has 1 amide bonds. The fraction of sp³-hybridized carbons (Fsp3) is 0.312. The highest BCUT2D eigenvalue weighted by molar-refractivity contribution is 5.92. The quantitative estimate of drug-likeness (QED) is 0.931. The Balaban J connectivity index is 1.94. The largest absolute Gasteiger partial charge is 0.459 e. The molecule has 1 aromatic carbocycles. The van der Waals surface area contributed by atoms with Crippen LogP contribution in [0.2, 0.25) is 0 Å². The number of rotatable bonds is 3. The summed E-state index contributed by atoms with van der Waals surface area (Å²) in [6.07, 6.45) is 3.18. The van der Waals surface area contributed by atoms with Crippen LogP contribution in [0.4, 0.5) is 0 Å². The van der Waals surface area contributed by atoms with Crippen LogP contribution in [-0.2, 0) is 6.42 Å². The van der Waals surface area contributed by atoms with Crippen molar-refractivity contribution in [2.45, 2.75) is 18.9 Å². The maximum Gasteiger partial charge on any atom is 0.290 e. The summed E-state index contributed by atoms with van der Waals surface area (Å²) in [4.78, 5) is 14.4. The van der Waals surface area contributed by atoms with Crippen LogP contribution in [0.1, 0.15) is 34.1 Å². The van der Waals surface area contributed by atoms with Crippen LogP contribution in [0, 0.1) is 0 Å². The van der Waals surface area contributed by atoms with Crippen LogP contribution in [0.15, 0.2) is 47.1 Å². The Morgan fingerprint density at radius 3 is 2.90 bits per heavy atom. The van der Waals surface area contributed by atoms with E-state index in [1.165, 1.54) is 17.4 Å². The van der Waals surface area contributed by atoms with Crippen molar-refractivity contribution in [3.63, 3.8) is 0 Å². The summed E-state index contributed by atoms with van der Waals surface area (Å²) in [5.41, 5.74) is 8.26. The van der Waals surface area contributed by atoms with Gasteiger partial charge in [-0.3, -0.25) is 4.79 Å². The molecule has 1 aliphatic heterocycles. The molecule has 0 radical (unpaired) electrons. The summed E-state index contributed by atoms with van der Waals surface area (Å²) in [7, 11) is 0. The van der Waals surface area contributed by atoms with E-state index >= 15 is 0 Å². The number of carbonyl (C=O) groups is 1. The van der Waals surface area contributed by atoms with Crippen molar-refractivity contribution in [2.24, 2.45) is 5.73 Å². The minimum Gasteiger partial charge on any atom is -0.459 e. The fourth-order valence-electron chi connectivity index (χ4n) is 2.91. The number of hydrogen-bond donors (Lipinski definition) is 1. The van der Waals surface area contributed by atoms with E-state index in [-0.39, 0.29) is 11.9 Å². The molecule has 1 aliphatic rings. The highest BCUT2D eigenvalue weighted by Crippen LogP contribution is 2.32. The molecule has 2 heterocycles. The lowest BCUT2D eigenvalue weighted by Crippen LogP contribution is -2.40. The van der Waals surface area contributed by atoms with Crippen LogP contribution in [-0.4, -0.2) is 23.9 Å². The zero-order chi connectivity index (χ0) is 13.9. The summed E-state index contributed by atoms with van der Waals surface area (Å²) in [6.45, 7) is 1.27. The van der Waals surface area contributed by atoms with Crippen molar-refractivity contribution in [3.8, 4) is 0 Å². The lowest BCUT2D eigenvalue weighted by molar-refractivity contribution is 0.0620. The van der Waals surface area contributed by atoms with Crippen molar-refractivity contribution in [3.05, 3.63) is 59.5 Å². The predicted molar refractivity (Wildman–Crippen MR) is 76.3 cm³/mol. The monoisotopic (exact) mass is 270 g/mol. The molecule has 0 saturated heterocycles. The lowest BCUT2D eigenvalue weighted by Gasteiger charge is -2.36. The van der Waals surface area contributed by atoms with Gasteiger partial charge in [0.15, 0.2) is 5.76 Å². The second-order valence-electron chi connectivity index (χ2n) is 5.02. The Labute approximate surface area is 118 Å². The molecule has 1 atom stereocenters. The lowest BCUT2D eigenvalue weighted by atomic mass is 9.90. The van der Waals surface area contributed by atoms with Crippen molar-refractivity contribution in [1.82, 2.24) is 4.90 Å². The summed E-state index contributed by atoms with van der Waals surface area (Å²) in [5.74, 6) is 0.342. The molecular weight excluding hydrogens is 252 g/mol. The third-order valence-electron chi connectivity index (χ3n) is 3.85. The van der Waals surface area contributed by atoms with E-state index in [1.54, 1.807) is 12.1 Å². The minimum absolute atomic E-state index is 0.0440. The van der Waals surface area contributed by atoms with Gasteiger partial charge in [-0.05, 0) is 42.6 Å². The van der Waals surface area contributed by atoms with Crippen molar-refractivity contribution in [1.29, 1.82) is 0 Å². The number of benzene rings is 1. The minimum atomic E-state index is -0.0528. The zero-order valence-electron chi connectivity index (χ0n) is 11.3. The third-order valence-corrected chi connectivity index (χ3v) is 3.85. The molecule has 104 valence electrons. The van der Waals surface area contributed by atoms with Crippen LogP contribution in [0.25, 0.3) is 0 Å². The Morgan fingerprint density at radius 1 is 1.30 bits per heavy atom. The summed E-state index contributed by atoms with van der Waals surface area (Å²) in [5, 5.41) is 0. The maximum atomic E-state index is 12.5. The van der Waals surface area contributed by atoms with Gasteiger partial charge in [0.05, 0.1) is 12.3 Å². The van der Waals surface area contributed by atoms with Crippen LogP contribution in [0.3, 0.4) is 0 Å². The Bertz CT molecular complexity index is 592. The normalized spacial score (nSPS) is 17.9. The Hall–Kier alpha value is -2.07. The number of nitrogens with zero attached hydrogens (tertiary/aromatic N) is 1. The van der Waals surface area contributed by atoms with E-state index in [0.29, 0.717) is 18.8 Å². The van der Waals surface area contributed by atoms with Crippen molar-refractivity contribution in [2.75, 3.05) is 13.1 Å². The molecule has 2 N–H and O–H groups in total. The van der Waals surface area contributed by atoms with Gasteiger partial charge >= 0.3 is 0 Å². The van der Waals surface area contributed by atoms with E-state index in [0.717, 1.165) is 12.8 Å². The molecule has 2 aromatic rings. The van der Waals surface area contributed by atoms with Crippen molar-refractivity contribution < 1.29 is 9.21 Å². The van der Waals surface area contributed by atoms with Crippen LogP contribution in [0.5, 0.6) is 0 Å². The van der Waals surface area contributed by atoms with Gasteiger partial charge < -0.3 is 15.1 Å². The SMILES string of the molecule is NCCC1c2ccccc2CCN1C(=O)c1ccco1. The van der Waals surface area contributed by atoms with Gasteiger partial charge in [0, 0.05) is 6.54 Å². The number of amides is 1. The van der Waals surface area contributed by atoms with Gasteiger partial charge in [0.2, 0.25) is 0 Å². The molecule has 0 bridgehead atoms. The van der Waals surface area contributed by atoms with E-state index in [1.807, 2.05) is 17.0 Å². The van der Waals surface area contributed by atoms with Gasteiger partial charge in [-0.2, -0.15) is 0 Å². The molecule has 1 unspecified atom stereocenters. The average molecular weight is 270 g/mol. The summed E-state index contributed by atoms with van der Waals surface area (Å²) < 4.78 is 5.24. The van der Waals surface area contributed by atoms with Gasteiger partial charge in [-0.25, -0.2) is 0 Å². The highest BCUT2D eigenvalue weighted by Gasteiger charge is 2.31. The first-order valence-electron chi connectivity index (χ1n) is 6.93. The van der Waals surface area contributed by atoms with E-state index in [9.17, 15) is 4.79 Å². The number of hydrogen-bond acceptors (Lipinski definition) is 3. The van der Waals surface area contributed by atoms with Crippen LogP contribution >= 0.6 is 0 Å². The molecule has 0 fully saturated rings. The highest BCUT2D eigenvalue weighted by atomic mass is 16.3. The average Bonchev–Trinajstić information content (AvgIpc) is 3.01. The zero-order valence-corrected chi connectivity index (χ0v) is 11.3. The topological polar surface area (TPSA) is 59.5 Å². The Morgan fingerprint density at radius 2 is 2.15 bits per heavy atom. The first-order chi connectivity index (χ1) is 9.81. The van der Waals surface area contributed by atoms with Gasteiger partial charge in [-0.15, -0.1) is 0 Å². The first-order valence-corrected chi connectivity index (χ1v) is 6.93. The van der Waals surface area contributed by atoms with Gasteiger partial charge in [-0.1, -0.05) is 24.3 Å². The second-order valence-corrected chi connectivity index (χ2v) is 5.02. The molecule has 0 saturated carbocycles. The Kier molecular flexibility index (Phi) is 3.56. The number of fused-ring (bicyclic) bond motifs is 1. The molecule has 0 spiro atoms. The fourth-order valence-corrected chi connectivity index (χ4v) is 2.91. The molecule has 4 heteroatoms. The molecular formula is C16H18N2O2.